The van der Waals surface area contributed by atoms with Gasteiger partial charge in [-0.05, 0) is 12.1 Å². The smallest absolute Gasteiger partial charge is 0.223 e. The predicted octanol–water partition coefficient (Wildman–Crippen LogP) is 1.20. The Morgan fingerprint density at radius 3 is 2.95 bits per heavy atom. The lowest BCUT2D eigenvalue weighted by Gasteiger charge is -2.25. The Bertz CT molecular complexity index is 450. The van der Waals surface area contributed by atoms with Crippen molar-refractivity contribution in [3.8, 4) is 5.75 Å². The van der Waals surface area contributed by atoms with E-state index in [9.17, 15) is 4.79 Å². The highest BCUT2D eigenvalue weighted by molar-refractivity contribution is 7.99. The first-order valence-electron chi connectivity index (χ1n) is 7.29. The number of rotatable bonds is 7. The van der Waals surface area contributed by atoms with Crippen molar-refractivity contribution in [2.45, 2.75) is 6.42 Å². The summed E-state index contributed by atoms with van der Waals surface area (Å²) in [6, 6.07) is 7.23. The molecule has 1 aromatic rings. The normalized spacial score (nSPS) is 15.6. The van der Waals surface area contributed by atoms with Crippen molar-refractivity contribution in [1.82, 2.24) is 10.2 Å². The number of carbonyl (C=O) groups excluding carboxylic acids is 1. The van der Waals surface area contributed by atoms with Gasteiger partial charge in [0.15, 0.2) is 0 Å². The van der Waals surface area contributed by atoms with E-state index in [1.165, 1.54) is 11.5 Å². The summed E-state index contributed by atoms with van der Waals surface area (Å²) >= 11 is 1.99. The van der Waals surface area contributed by atoms with Gasteiger partial charge in [-0.15, -0.1) is 0 Å². The van der Waals surface area contributed by atoms with Crippen LogP contribution < -0.4 is 15.8 Å². The van der Waals surface area contributed by atoms with Gasteiger partial charge in [0, 0.05) is 49.4 Å². The maximum Gasteiger partial charge on any atom is 0.223 e. The molecule has 6 heteroatoms. The summed E-state index contributed by atoms with van der Waals surface area (Å²) in [7, 11) is 0. The second-order valence-electron chi connectivity index (χ2n) is 4.97. The average molecular weight is 309 g/mol. The van der Waals surface area contributed by atoms with Crippen molar-refractivity contribution in [2.75, 3.05) is 50.0 Å². The number of benzene rings is 1. The van der Waals surface area contributed by atoms with E-state index in [2.05, 4.69) is 10.2 Å². The van der Waals surface area contributed by atoms with Crippen LogP contribution in [0.2, 0.25) is 0 Å². The van der Waals surface area contributed by atoms with Crippen LogP contribution in [0.4, 0.5) is 5.69 Å². The molecule has 1 saturated heterocycles. The summed E-state index contributed by atoms with van der Waals surface area (Å²) < 4.78 is 5.50. The topological polar surface area (TPSA) is 67.6 Å². The van der Waals surface area contributed by atoms with Gasteiger partial charge in [-0.3, -0.25) is 9.69 Å². The van der Waals surface area contributed by atoms with E-state index >= 15 is 0 Å². The molecule has 0 atom stereocenters. The number of carbonyl (C=O) groups is 1. The number of nitrogen functional groups attached to an aromatic ring is 1. The molecule has 1 aromatic carbocycles. The minimum Gasteiger partial charge on any atom is -0.493 e. The summed E-state index contributed by atoms with van der Waals surface area (Å²) in [5.74, 6) is 3.13. The van der Waals surface area contributed by atoms with Gasteiger partial charge in [0.05, 0.1) is 13.0 Å². The molecular weight excluding hydrogens is 286 g/mol. The van der Waals surface area contributed by atoms with E-state index in [1.807, 2.05) is 23.9 Å². The van der Waals surface area contributed by atoms with Gasteiger partial charge in [-0.2, -0.15) is 11.8 Å². The third kappa shape index (κ3) is 6.27. The van der Waals surface area contributed by atoms with Crippen LogP contribution in [-0.4, -0.2) is 55.1 Å². The maximum absolute atomic E-state index is 11.7. The SMILES string of the molecule is Nc1cccc(OCCC(=O)NCCN2CCSCC2)c1. The molecule has 1 fully saturated rings. The fourth-order valence-electron chi connectivity index (χ4n) is 2.13. The van der Waals surface area contributed by atoms with Crippen LogP contribution in [0, 0.1) is 0 Å². The van der Waals surface area contributed by atoms with Gasteiger partial charge in [0.25, 0.3) is 0 Å². The number of nitrogens with two attached hydrogens (primary N) is 1. The molecule has 0 unspecified atom stereocenters. The van der Waals surface area contributed by atoms with Crippen LogP contribution in [0.15, 0.2) is 24.3 Å². The molecule has 1 heterocycles. The van der Waals surface area contributed by atoms with Crippen molar-refractivity contribution >= 4 is 23.4 Å². The Kier molecular flexibility index (Phi) is 6.69. The molecule has 0 spiro atoms. The maximum atomic E-state index is 11.7. The minimum absolute atomic E-state index is 0.0327. The zero-order chi connectivity index (χ0) is 14.9. The van der Waals surface area contributed by atoms with E-state index in [-0.39, 0.29) is 5.91 Å². The highest BCUT2D eigenvalue weighted by atomic mass is 32.2. The molecule has 1 amide bonds. The van der Waals surface area contributed by atoms with Crippen molar-refractivity contribution in [1.29, 1.82) is 0 Å². The summed E-state index contributed by atoms with van der Waals surface area (Å²) in [5, 5.41) is 2.94. The van der Waals surface area contributed by atoms with Gasteiger partial charge in [0.2, 0.25) is 5.91 Å². The number of ether oxygens (including phenoxy) is 1. The van der Waals surface area contributed by atoms with Gasteiger partial charge in [-0.25, -0.2) is 0 Å². The quantitative estimate of drug-likeness (QED) is 0.741. The largest absolute Gasteiger partial charge is 0.493 e. The van der Waals surface area contributed by atoms with Crippen molar-refractivity contribution in [3.63, 3.8) is 0 Å². The molecule has 1 aliphatic rings. The minimum atomic E-state index is 0.0327. The Hall–Kier alpha value is -1.40. The monoisotopic (exact) mass is 309 g/mol. The van der Waals surface area contributed by atoms with Gasteiger partial charge < -0.3 is 15.8 Å². The molecule has 3 N–H and O–H groups in total. The van der Waals surface area contributed by atoms with Crippen LogP contribution in [0.5, 0.6) is 5.75 Å². The van der Waals surface area contributed by atoms with Gasteiger partial charge in [0.1, 0.15) is 5.75 Å². The lowest BCUT2D eigenvalue weighted by atomic mass is 10.3. The summed E-state index contributed by atoms with van der Waals surface area (Å²) in [6.45, 7) is 4.26. The molecule has 0 radical (unpaired) electrons. The number of hydrogen-bond donors (Lipinski definition) is 2. The number of amides is 1. The zero-order valence-electron chi connectivity index (χ0n) is 12.2. The molecule has 0 aliphatic carbocycles. The first kappa shape index (κ1) is 16.0. The number of anilines is 1. The summed E-state index contributed by atoms with van der Waals surface area (Å²) in [4.78, 5) is 14.1. The van der Waals surface area contributed by atoms with Crippen LogP contribution in [0.3, 0.4) is 0 Å². The van der Waals surface area contributed by atoms with Gasteiger partial charge >= 0.3 is 0 Å². The number of nitrogens with zero attached hydrogens (tertiary/aromatic N) is 1. The van der Waals surface area contributed by atoms with E-state index in [0.717, 1.165) is 19.6 Å². The Morgan fingerprint density at radius 2 is 2.19 bits per heavy atom. The molecule has 0 aromatic heterocycles. The predicted molar refractivity (Wildman–Crippen MR) is 87.7 cm³/mol. The Labute approximate surface area is 130 Å². The standard InChI is InChI=1S/C15H23N3O2S/c16-13-2-1-3-14(12-13)20-9-4-15(19)17-5-6-18-7-10-21-11-8-18/h1-3,12H,4-11,16H2,(H,17,19). The Balaban J connectivity index is 1.55. The molecular formula is C15H23N3O2S. The van der Waals surface area contributed by atoms with E-state index in [1.54, 1.807) is 12.1 Å². The summed E-state index contributed by atoms with van der Waals surface area (Å²) in [6.07, 6.45) is 0.366. The third-order valence-electron chi connectivity index (χ3n) is 3.31. The molecule has 21 heavy (non-hydrogen) atoms. The molecule has 0 saturated carbocycles. The van der Waals surface area contributed by atoms with Crippen LogP contribution >= 0.6 is 11.8 Å². The number of nitrogens with one attached hydrogen (secondary N) is 1. The molecule has 1 aliphatic heterocycles. The van der Waals surface area contributed by atoms with Gasteiger partial charge in [-0.1, -0.05) is 6.07 Å². The fourth-order valence-corrected chi connectivity index (χ4v) is 3.11. The van der Waals surface area contributed by atoms with E-state index < -0.39 is 0 Å². The molecule has 2 rings (SSSR count). The van der Waals surface area contributed by atoms with Crippen LogP contribution in [0.1, 0.15) is 6.42 Å². The first-order chi connectivity index (χ1) is 10.2. The lowest BCUT2D eigenvalue weighted by molar-refractivity contribution is -0.121. The number of thioether (sulfide) groups is 1. The molecule has 0 bridgehead atoms. The third-order valence-corrected chi connectivity index (χ3v) is 4.25. The first-order valence-corrected chi connectivity index (χ1v) is 8.44. The number of hydrogen-bond acceptors (Lipinski definition) is 5. The van der Waals surface area contributed by atoms with Crippen molar-refractivity contribution in [3.05, 3.63) is 24.3 Å². The zero-order valence-corrected chi connectivity index (χ0v) is 13.0. The Morgan fingerprint density at radius 1 is 1.38 bits per heavy atom. The van der Waals surface area contributed by atoms with Crippen molar-refractivity contribution in [2.24, 2.45) is 0 Å². The second kappa shape index (κ2) is 8.79. The highest BCUT2D eigenvalue weighted by Crippen LogP contribution is 2.14. The molecule has 116 valence electrons. The fraction of sp³-hybridized carbons (Fsp3) is 0.533. The second-order valence-corrected chi connectivity index (χ2v) is 6.20. The lowest BCUT2D eigenvalue weighted by Crippen LogP contribution is -2.39. The van der Waals surface area contributed by atoms with E-state index in [0.29, 0.717) is 31.0 Å². The van der Waals surface area contributed by atoms with Crippen LogP contribution in [0.25, 0.3) is 0 Å². The van der Waals surface area contributed by atoms with Crippen LogP contribution in [-0.2, 0) is 4.79 Å². The average Bonchev–Trinajstić information content (AvgIpc) is 2.48. The summed E-state index contributed by atoms with van der Waals surface area (Å²) in [5.41, 5.74) is 6.32. The van der Waals surface area contributed by atoms with Crippen molar-refractivity contribution < 1.29 is 9.53 Å². The van der Waals surface area contributed by atoms with E-state index in [4.69, 9.17) is 10.5 Å². The highest BCUT2D eigenvalue weighted by Gasteiger charge is 2.10. The molecule has 5 nitrogen and oxygen atoms in total.